The van der Waals surface area contributed by atoms with Gasteiger partial charge in [-0.05, 0) is 25.5 Å². The lowest BCUT2D eigenvalue weighted by atomic mass is 10.1. The largest absolute Gasteiger partial charge is 0.348 e. The monoisotopic (exact) mass is 298 g/mol. The predicted octanol–water partition coefficient (Wildman–Crippen LogP) is 2.56. The first kappa shape index (κ1) is 18.6. The third-order valence-corrected chi connectivity index (χ3v) is 3.08. The van der Waals surface area contributed by atoms with E-state index in [2.05, 4.69) is 12.2 Å². The van der Waals surface area contributed by atoms with Crippen LogP contribution in [0.5, 0.6) is 0 Å². The highest BCUT2D eigenvalue weighted by atomic mass is 35.5. The highest BCUT2D eigenvalue weighted by molar-refractivity contribution is 5.97. The number of nitrogens with two attached hydrogens (primary N) is 1. The molecule has 1 atom stereocenters. The number of amides is 1. The molecule has 4 nitrogen and oxygen atoms in total. The van der Waals surface area contributed by atoms with Crippen molar-refractivity contribution in [3.8, 4) is 0 Å². The number of benzene rings is 1. The number of carbonyl (C=O) groups excluding carboxylic acids is 2. The van der Waals surface area contributed by atoms with Crippen molar-refractivity contribution in [1.82, 2.24) is 5.32 Å². The molecule has 1 aromatic rings. The fraction of sp³-hybridized carbons (Fsp3) is 0.467. The highest BCUT2D eigenvalue weighted by Gasteiger charge is 2.12. The van der Waals surface area contributed by atoms with Crippen molar-refractivity contribution in [2.24, 2.45) is 5.73 Å². The van der Waals surface area contributed by atoms with E-state index >= 15 is 0 Å². The average Bonchev–Trinajstić information content (AvgIpc) is 2.43. The van der Waals surface area contributed by atoms with Gasteiger partial charge in [0.15, 0.2) is 5.78 Å². The molecule has 1 unspecified atom stereocenters. The van der Waals surface area contributed by atoms with E-state index < -0.39 is 0 Å². The summed E-state index contributed by atoms with van der Waals surface area (Å²) >= 11 is 0. The Labute approximate surface area is 126 Å². The molecule has 0 aliphatic carbocycles. The Morgan fingerprint density at radius 3 is 2.20 bits per heavy atom. The first-order valence-electron chi connectivity index (χ1n) is 6.70. The summed E-state index contributed by atoms with van der Waals surface area (Å²) in [5.41, 5.74) is 6.81. The minimum atomic E-state index is -0.137. The van der Waals surface area contributed by atoms with E-state index in [4.69, 9.17) is 5.73 Å². The second kappa shape index (κ2) is 9.50. The molecule has 112 valence electrons. The maximum atomic E-state index is 12.0. The topological polar surface area (TPSA) is 72.2 Å². The van der Waals surface area contributed by atoms with Crippen molar-refractivity contribution in [3.63, 3.8) is 0 Å². The van der Waals surface area contributed by atoms with Crippen molar-refractivity contribution in [3.05, 3.63) is 35.4 Å². The summed E-state index contributed by atoms with van der Waals surface area (Å²) in [6, 6.07) is 6.68. The van der Waals surface area contributed by atoms with Gasteiger partial charge in [-0.2, -0.15) is 0 Å². The first-order chi connectivity index (χ1) is 9.08. The van der Waals surface area contributed by atoms with Crippen LogP contribution in [0.1, 0.15) is 53.8 Å². The molecule has 1 rings (SSSR count). The summed E-state index contributed by atoms with van der Waals surface area (Å²) in [6.45, 7) is 4.05. The van der Waals surface area contributed by atoms with Crippen LogP contribution in [-0.2, 0) is 0 Å². The Morgan fingerprint density at radius 1 is 1.20 bits per heavy atom. The Balaban J connectivity index is 0.00000361. The van der Waals surface area contributed by atoms with Gasteiger partial charge in [0, 0.05) is 23.7 Å². The molecule has 0 aliphatic heterocycles. The highest BCUT2D eigenvalue weighted by Crippen LogP contribution is 2.06. The molecule has 0 spiro atoms. The Morgan fingerprint density at radius 2 is 1.75 bits per heavy atom. The number of halogens is 1. The van der Waals surface area contributed by atoms with Crippen LogP contribution >= 0.6 is 12.4 Å². The summed E-state index contributed by atoms with van der Waals surface area (Å²) in [5, 5.41) is 2.92. The average molecular weight is 299 g/mol. The summed E-state index contributed by atoms with van der Waals surface area (Å²) in [6.07, 6.45) is 3.02. The molecule has 1 aromatic carbocycles. The second-order valence-electron chi connectivity index (χ2n) is 4.68. The van der Waals surface area contributed by atoms with E-state index in [1.54, 1.807) is 24.3 Å². The van der Waals surface area contributed by atoms with Crippen LogP contribution in [0, 0.1) is 0 Å². The molecule has 20 heavy (non-hydrogen) atoms. The number of ketones is 1. The Kier molecular flexibility index (Phi) is 8.84. The number of hydrogen-bond acceptors (Lipinski definition) is 3. The summed E-state index contributed by atoms with van der Waals surface area (Å²) < 4.78 is 0. The lowest BCUT2D eigenvalue weighted by Gasteiger charge is -2.16. The number of hydrogen-bond donors (Lipinski definition) is 2. The number of Topliss-reactive ketones (excluding diaryl/α,β-unsaturated/α-hetero) is 1. The van der Waals surface area contributed by atoms with E-state index in [1.165, 1.54) is 6.92 Å². The standard InChI is InChI=1S/C15H22N2O2.ClH/c1-3-4-5-14(10-16)17-15(19)13-8-6-12(7-9-13)11(2)18;/h6-9,14H,3-5,10,16H2,1-2H3,(H,17,19);1H. The SMILES string of the molecule is CCCCC(CN)NC(=O)c1ccc(C(C)=O)cc1.Cl. The summed E-state index contributed by atoms with van der Waals surface area (Å²) in [7, 11) is 0. The quantitative estimate of drug-likeness (QED) is 0.760. The number of nitrogens with one attached hydrogen (secondary N) is 1. The van der Waals surface area contributed by atoms with Gasteiger partial charge in [-0.1, -0.05) is 31.9 Å². The molecule has 0 saturated carbocycles. The van der Waals surface area contributed by atoms with Crippen LogP contribution in [0.2, 0.25) is 0 Å². The number of carbonyl (C=O) groups is 2. The lowest BCUT2D eigenvalue weighted by Crippen LogP contribution is -2.40. The maximum Gasteiger partial charge on any atom is 0.251 e. The molecular formula is C15H23ClN2O2. The second-order valence-corrected chi connectivity index (χ2v) is 4.68. The lowest BCUT2D eigenvalue weighted by molar-refractivity contribution is 0.0934. The number of rotatable bonds is 7. The van der Waals surface area contributed by atoms with Crippen molar-refractivity contribution in [2.75, 3.05) is 6.54 Å². The van der Waals surface area contributed by atoms with E-state index in [0.717, 1.165) is 19.3 Å². The zero-order chi connectivity index (χ0) is 14.3. The van der Waals surface area contributed by atoms with Gasteiger partial charge in [0.05, 0.1) is 0 Å². The van der Waals surface area contributed by atoms with Gasteiger partial charge >= 0.3 is 0 Å². The molecular weight excluding hydrogens is 276 g/mol. The van der Waals surface area contributed by atoms with Gasteiger partial charge in [-0.15, -0.1) is 12.4 Å². The molecule has 5 heteroatoms. The van der Waals surface area contributed by atoms with E-state index in [-0.39, 0.29) is 30.1 Å². The van der Waals surface area contributed by atoms with Crippen LogP contribution in [0.25, 0.3) is 0 Å². The fourth-order valence-corrected chi connectivity index (χ4v) is 1.82. The molecule has 0 fully saturated rings. The van der Waals surface area contributed by atoms with Gasteiger partial charge < -0.3 is 11.1 Å². The third kappa shape index (κ3) is 5.72. The molecule has 0 bridgehead atoms. The van der Waals surface area contributed by atoms with Crippen LogP contribution in [0.15, 0.2) is 24.3 Å². The van der Waals surface area contributed by atoms with Gasteiger partial charge in [-0.25, -0.2) is 0 Å². The Bertz CT molecular complexity index is 432. The van der Waals surface area contributed by atoms with Gasteiger partial charge in [0.1, 0.15) is 0 Å². The van der Waals surface area contributed by atoms with Gasteiger partial charge in [0.2, 0.25) is 0 Å². The van der Waals surface area contributed by atoms with Crippen molar-refractivity contribution >= 4 is 24.1 Å². The van der Waals surface area contributed by atoms with E-state index in [1.807, 2.05) is 0 Å². The molecule has 1 amide bonds. The van der Waals surface area contributed by atoms with Crippen LogP contribution in [0.4, 0.5) is 0 Å². The molecule has 0 heterocycles. The van der Waals surface area contributed by atoms with Gasteiger partial charge in [0.25, 0.3) is 5.91 Å². The van der Waals surface area contributed by atoms with Crippen molar-refractivity contribution in [1.29, 1.82) is 0 Å². The van der Waals surface area contributed by atoms with E-state index in [9.17, 15) is 9.59 Å². The molecule has 0 radical (unpaired) electrons. The maximum absolute atomic E-state index is 12.0. The van der Waals surface area contributed by atoms with E-state index in [0.29, 0.717) is 17.7 Å². The van der Waals surface area contributed by atoms with Crippen LogP contribution in [0.3, 0.4) is 0 Å². The molecule has 0 aliphatic rings. The zero-order valence-corrected chi connectivity index (χ0v) is 12.8. The predicted molar refractivity (Wildman–Crippen MR) is 83.5 cm³/mol. The summed E-state index contributed by atoms with van der Waals surface area (Å²) in [5.74, 6) is -0.142. The van der Waals surface area contributed by atoms with Crippen molar-refractivity contribution < 1.29 is 9.59 Å². The minimum absolute atomic E-state index is 0. The zero-order valence-electron chi connectivity index (χ0n) is 12.0. The minimum Gasteiger partial charge on any atom is -0.348 e. The fourth-order valence-electron chi connectivity index (χ4n) is 1.82. The Hall–Kier alpha value is -1.39. The molecule has 0 aromatic heterocycles. The third-order valence-electron chi connectivity index (χ3n) is 3.08. The smallest absolute Gasteiger partial charge is 0.251 e. The molecule has 3 N–H and O–H groups in total. The first-order valence-corrected chi connectivity index (χ1v) is 6.70. The van der Waals surface area contributed by atoms with Crippen LogP contribution < -0.4 is 11.1 Å². The number of unbranched alkanes of at least 4 members (excludes halogenated alkanes) is 1. The van der Waals surface area contributed by atoms with Crippen molar-refractivity contribution in [2.45, 2.75) is 39.2 Å². The van der Waals surface area contributed by atoms with Crippen LogP contribution in [-0.4, -0.2) is 24.3 Å². The summed E-state index contributed by atoms with van der Waals surface area (Å²) in [4.78, 5) is 23.2. The molecule has 0 saturated heterocycles. The van der Waals surface area contributed by atoms with Gasteiger partial charge in [-0.3, -0.25) is 9.59 Å². The normalized spacial score (nSPS) is 11.3.